The number of hydrogen-bond acceptors (Lipinski definition) is 5. The Morgan fingerprint density at radius 1 is 1.21 bits per heavy atom. The van der Waals surface area contributed by atoms with Crippen molar-refractivity contribution < 1.29 is 17.9 Å². The van der Waals surface area contributed by atoms with Crippen molar-refractivity contribution in [3.63, 3.8) is 0 Å². The fourth-order valence-corrected chi connectivity index (χ4v) is 5.55. The van der Waals surface area contributed by atoms with Gasteiger partial charge in [-0.2, -0.15) is 4.99 Å². The predicted octanol–water partition coefficient (Wildman–Crippen LogP) is 3.90. The molecule has 3 rings (SSSR count). The average molecular weight is 486 g/mol. The number of para-hydroxylation sites is 1. The molecule has 0 atom stereocenters. The van der Waals surface area contributed by atoms with E-state index in [9.17, 15) is 13.2 Å². The lowest BCUT2D eigenvalue weighted by molar-refractivity contribution is 0.0997. The minimum atomic E-state index is -3.60. The lowest BCUT2D eigenvalue weighted by Gasteiger charge is -2.16. The van der Waals surface area contributed by atoms with Crippen LogP contribution in [0.25, 0.3) is 10.2 Å². The summed E-state index contributed by atoms with van der Waals surface area (Å²) in [6, 6.07) is 11.5. The molecule has 174 valence electrons. The Bertz CT molecular complexity index is 1350. The number of amides is 1. The van der Waals surface area contributed by atoms with E-state index in [1.165, 1.54) is 39.9 Å². The first-order valence-corrected chi connectivity index (χ1v) is 12.9. The number of benzene rings is 2. The van der Waals surface area contributed by atoms with Gasteiger partial charge in [-0.1, -0.05) is 36.7 Å². The van der Waals surface area contributed by atoms with Crippen LogP contribution >= 0.6 is 11.3 Å². The zero-order chi connectivity index (χ0) is 24.0. The van der Waals surface area contributed by atoms with Gasteiger partial charge in [0.2, 0.25) is 10.0 Å². The van der Waals surface area contributed by atoms with Gasteiger partial charge in [0.05, 0.1) is 22.7 Å². The van der Waals surface area contributed by atoms with Gasteiger partial charge in [0, 0.05) is 19.2 Å². The number of fused-ring (bicyclic) bond motifs is 1. The topological polar surface area (TPSA) is 81.0 Å². The van der Waals surface area contributed by atoms with Gasteiger partial charge in [0.1, 0.15) is 11.3 Å². The van der Waals surface area contributed by atoms with Crippen LogP contribution in [0.4, 0.5) is 0 Å². The van der Waals surface area contributed by atoms with Gasteiger partial charge in [-0.25, -0.2) is 12.7 Å². The molecule has 33 heavy (non-hydrogen) atoms. The maximum Gasteiger partial charge on any atom is 0.279 e. The molecular weight excluding hydrogens is 458 g/mol. The molecule has 0 radical (unpaired) electrons. The summed E-state index contributed by atoms with van der Waals surface area (Å²) in [7, 11) is -2.04. The minimum Gasteiger partial charge on any atom is -0.492 e. The maximum absolute atomic E-state index is 12.9. The standard InChI is InChI=1S/C24H27N3O4S2/c1-5-8-17-26(4)33(29,30)19-14-12-18(13-15-19)23(28)25-24-27(16-6-2)22-20(31-7-3)10-9-11-21(22)32-24/h2,9-15H,5,7-8,16-17H2,1,3-4H3. The number of sulfonamides is 1. The average Bonchev–Trinajstić information content (AvgIpc) is 3.15. The van der Waals surface area contributed by atoms with Crippen LogP contribution in [0.3, 0.4) is 0 Å². The number of carbonyl (C=O) groups excluding carboxylic acids is 1. The van der Waals surface area contributed by atoms with E-state index in [1.807, 2.05) is 32.0 Å². The van der Waals surface area contributed by atoms with Crippen molar-refractivity contribution in [3.8, 4) is 18.1 Å². The summed E-state index contributed by atoms with van der Waals surface area (Å²) in [5, 5.41) is 0. The molecule has 1 heterocycles. The first-order chi connectivity index (χ1) is 15.8. The van der Waals surface area contributed by atoms with E-state index in [4.69, 9.17) is 11.2 Å². The number of unbranched alkanes of at least 4 members (excludes halogenated alkanes) is 1. The second-order valence-corrected chi connectivity index (χ2v) is 10.4. The lowest BCUT2D eigenvalue weighted by atomic mass is 10.2. The van der Waals surface area contributed by atoms with E-state index in [0.29, 0.717) is 29.3 Å². The number of thiazole rings is 1. The second-order valence-electron chi connectivity index (χ2n) is 7.33. The van der Waals surface area contributed by atoms with Crippen molar-refractivity contribution in [2.75, 3.05) is 20.2 Å². The summed E-state index contributed by atoms with van der Waals surface area (Å²) >= 11 is 1.34. The van der Waals surface area contributed by atoms with Crippen LogP contribution in [-0.2, 0) is 16.6 Å². The summed E-state index contributed by atoms with van der Waals surface area (Å²) in [5.74, 6) is 2.81. The van der Waals surface area contributed by atoms with Gasteiger partial charge in [0.15, 0.2) is 4.80 Å². The third-order valence-corrected chi connectivity index (χ3v) is 7.96. The van der Waals surface area contributed by atoms with E-state index in [2.05, 4.69) is 10.9 Å². The van der Waals surface area contributed by atoms with Gasteiger partial charge in [-0.15, -0.1) is 6.42 Å². The highest BCUT2D eigenvalue weighted by molar-refractivity contribution is 7.89. The van der Waals surface area contributed by atoms with E-state index in [-0.39, 0.29) is 11.4 Å². The molecule has 3 aromatic rings. The van der Waals surface area contributed by atoms with Crippen LogP contribution in [-0.4, -0.2) is 43.4 Å². The number of hydrogen-bond donors (Lipinski definition) is 0. The monoisotopic (exact) mass is 485 g/mol. The third kappa shape index (κ3) is 5.36. The van der Waals surface area contributed by atoms with Crippen molar-refractivity contribution >= 4 is 37.5 Å². The van der Waals surface area contributed by atoms with Gasteiger partial charge in [-0.05, 0) is 49.7 Å². The summed E-state index contributed by atoms with van der Waals surface area (Å²) in [5.41, 5.74) is 1.09. The quantitative estimate of drug-likeness (QED) is 0.431. The Labute approximate surface area is 198 Å². The van der Waals surface area contributed by atoms with Gasteiger partial charge in [-0.3, -0.25) is 4.79 Å². The van der Waals surface area contributed by atoms with Crippen molar-refractivity contribution in [3.05, 3.63) is 52.8 Å². The van der Waals surface area contributed by atoms with Crippen molar-refractivity contribution in [1.29, 1.82) is 0 Å². The van der Waals surface area contributed by atoms with E-state index < -0.39 is 15.9 Å². The largest absolute Gasteiger partial charge is 0.492 e. The van der Waals surface area contributed by atoms with Crippen LogP contribution in [0, 0.1) is 12.3 Å². The SMILES string of the molecule is C#CCn1c(=NC(=O)c2ccc(S(=O)(=O)N(C)CCCC)cc2)sc2cccc(OCC)c21. The molecule has 7 nitrogen and oxygen atoms in total. The van der Waals surface area contributed by atoms with Crippen LogP contribution in [0.2, 0.25) is 0 Å². The molecule has 0 unspecified atom stereocenters. The number of nitrogens with zero attached hydrogens (tertiary/aromatic N) is 3. The van der Waals surface area contributed by atoms with Crippen LogP contribution in [0.1, 0.15) is 37.0 Å². The Morgan fingerprint density at radius 3 is 2.58 bits per heavy atom. The second kappa shape index (κ2) is 10.8. The van der Waals surface area contributed by atoms with Crippen LogP contribution in [0.15, 0.2) is 52.4 Å². The summed E-state index contributed by atoms with van der Waals surface area (Å²) in [6.45, 7) is 5.08. The molecular formula is C24H27N3O4S2. The normalized spacial score (nSPS) is 12.3. The Kier molecular flexibility index (Phi) is 8.08. The zero-order valence-corrected chi connectivity index (χ0v) is 20.6. The Hall–Kier alpha value is -2.93. The van der Waals surface area contributed by atoms with Crippen molar-refractivity contribution in [1.82, 2.24) is 8.87 Å². The zero-order valence-electron chi connectivity index (χ0n) is 18.9. The summed E-state index contributed by atoms with van der Waals surface area (Å²) in [6.07, 6.45) is 7.25. The van der Waals surface area contributed by atoms with Gasteiger partial charge in [0.25, 0.3) is 5.91 Å². The highest BCUT2D eigenvalue weighted by Gasteiger charge is 2.20. The highest BCUT2D eigenvalue weighted by Crippen LogP contribution is 2.27. The molecule has 2 aromatic carbocycles. The fraction of sp³-hybridized carbons (Fsp3) is 0.333. The molecule has 0 saturated heterocycles. The van der Waals surface area contributed by atoms with Crippen LogP contribution in [0.5, 0.6) is 5.75 Å². The number of aromatic nitrogens is 1. The number of terminal acetylenes is 1. The molecule has 0 spiro atoms. The minimum absolute atomic E-state index is 0.142. The van der Waals surface area contributed by atoms with E-state index >= 15 is 0 Å². The maximum atomic E-state index is 12.9. The van der Waals surface area contributed by atoms with Crippen molar-refractivity contribution in [2.24, 2.45) is 4.99 Å². The Balaban J connectivity index is 1.97. The lowest BCUT2D eigenvalue weighted by Crippen LogP contribution is -2.27. The van der Waals surface area contributed by atoms with Crippen molar-refractivity contribution in [2.45, 2.75) is 38.1 Å². The molecule has 0 N–H and O–H groups in total. The number of rotatable bonds is 9. The number of carbonyl (C=O) groups is 1. The molecule has 0 aliphatic heterocycles. The van der Waals surface area contributed by atoms with E-state index in [0.717, 1.165) is 23.1 Å². The molecule has 0 aliphatic carbocycles. The van der Waals surface area contributed by atoms with Gasteiger partial charge >= 0.3 is 0 Å². The third-order valence-electron chi connectivity index (χ3n) is 5.05. The summed E-state index contributed by atoms with van der Waals surface area (Å²) in [4.78, 5) is 17.8. The molecule has 0 bridgehead atoms. The first kappa shape index (κ1) is 24.7. The highest BCUT2D eigenvalue weighted by atomic mass is 32.2. The first-order valence-electron chi connectivity index (χ1n) is 10.7. The molecule has 9 heteroatoms. The smallest absolute Gasteiger partial charge is 0.279 e. The number of ether oxygens (including phenoxy) is 1. The molecule has 1 amide bonds. The molecule has 0 fully saturated rings. The molecule has 1 aromatic heterocycles. The van der Waals surface area contributed by atoms with Crippen LogP contribution < -0.4 is 9.54 Å². The van der Waals surface area contributed by atoms with Gasteiger partial charge < -0.3 is 9.30 Å². The molecule has 0 aliphatic rings. The fourth-order valence-electron chi connectivity index (χ4n) is 3.29. The van der Waals surface area contributed by atoms with E-state index in [1.54, 1.807) is 11.6 Å². The summed E-state index contributed by atoms with van der Waals surface area (Å²) < 4.78 is 35.1. The Morgan fingerprint density at radius 2 is 1.94 bits per heavy atom. The molecule has 0 saturated carbocycles. The predicted molar refractivity (Wildman–Crippen MR) is 131 cm³/mol.